The van der Waals surface area contributed by atoms with Crippen LogP contribution in [0.5, 0.6) is 5.88 Å². The molecule has 5 nitrogen and oxygen atoms in total. The lowest BCUT2D eigenvalue weighted by Gasteiger charge is -2.10. The third-order valence-electron chi connectivity index (χ3n) is 2.70. The Labute approximate surface area is 111 Å². The number of pyridine rings is 1. The molecular weight excluding hydrogens is 244 g/mol. The average Bonchev–Trinajstić information content (AvgIpc) is 2.88. The molecule has 5 heteroatoms. The van der Waals surface area contributed by atoms with E-state index < -0.39 is 0 Å². The van der Waals surface area contributed by atoms with E-state index in [-0.39, 0.29) is 5.97 Å². The number of methoxy groups -OCH3 is 1. The van der Waals surface area contributed by atoms with Gasteiger partial charge in [0.25, 0.3) is 0 Å². The number of esters is 1. The maximum Gasteiger partial charge on any atom is 0.354 e. The molecule has 0 spiro atoms. The lowest BCUT2D eigenvalue weighted by atomic mass is 10.2. The summed E-state index contributed by atoms with van der Waals surface area (Å²) in [6.45, 7) is 2.66. The van der Waals surface area contributed by atoms with Crippen molar-refractivity contribution in [3.63, 3.8) is 0 Å². The van der Waals surface area contributed by atoms with Crippen molar-refractivity contribution >= 4 is 5.97 Å². The molecule has 0 aromatic carbocycles. The molecule has 0 saturated carbocycles. The Bertz CT molecular complexity index is 563. The number of hydrogen-bond donors (Lipinski definition) is 0. The first-order valence-corrected chi connectivity index (χ1v) is 6.06. The Balaban J connectivity index is 2.24. The second kappa shape index (κ2) is 6.04. The average molecular weight is 260 g/mol. The molecule has 0 aliphatic carbocycles. The molecule has 0 amide bonds. The largest absolute Gasteiger partial charge is 0.481 e. The van der Waals surface area contributed by atoms with Crippen LogP contribution < -0.4 is 4.74 Å². The van der Waals surface area contributed by atoms with Crippen LogP contribution in [0.15, 0.2) is 36.7 Å². The van der Waals surface area contributed by atoms with Crippen molar-refractivity contribution in [3.05, 3.63) is 47.9 Å². The summed E-state index contributed by atoms with van der Waals surface area (Å²) >= 11 is 0. The number of carbonyl (C=O) groups excluding carboxylic acids is 1. The highest BCUT2D eigenvalue weighted by molar-refractivity contribution is 5.87. The first-order valence-electron chi connectivity index (χ1n) is 6.06. The Morgan fingerprint density at radius 1 is 1.37 bits per heavy atom. The number of nitrogens with zero attached hydrogens (tertiary/aromatic N) is 2. The fraction of sp³-hybridized carbons (Fsp3) is 0.286. The van der Waals surface area contributed by atoms with Gasteiger partial charge in [-0.25, -0.2) is 9.78 Å². The second-order valence-electron chi connectivity index (χ2n) is 3.91. The standard InChI is InChI=1S/C14H16N2O3/c1-3-19-14(17)12-7-5-9-16(12)10-11-6-4-8-15-13(11)18-2/h4-9H,3,10H2,1-2H3. The van der Waals surface area contributed by atoms with E-state index >= 15 is 0 Å². The van der Waals surface area contributed by atoms with Gasteiger partial charge in [0.15, 0.2) is 0 Å². The van der Waals surface area contributed by atoms with Gasteiger partial charge >= 0.3 is 5.97 Å². The molecule has 0 fully saturated rings. The van der Waals surface area contributed by atoms with Gasteiger partial charge in [-0.1, -0.05) is 6.07 Å². The summed E-state index contributed by atoms with van der Waals surface area (Å²) in [5.74, 6) is 0.237. The lowest BCUT2D eigenvalue weighted by molar-refractivity contribution is 0.0514. The summed E-state index contributed by atoms with van der Waals surface area (Å²) in [5.41, 5.74) is 1.43. The Hall–Kier alpha value is -2.30. The lowest BCUT2D eigenvalue weighted by Crippen LogP contribution is -2.12. The molecule has 0 unspecified atom stereocenters. The van der Waals surface area contributed by atoms with Crippen molar-refractivity contribution in [1.29, 1.82) is 0 Å². The van der Waals surface area contributed by atoms with Crippen molar-refractivity contribution in [1.82, 2.24) is 9.55 Å². The van der Waals surface area contributed by atoms with E-state index in [0.717, 1.165) is 5.56 Å². The van der Waals surface area contributed by atoms with Crippen LogP contribution in [0.1, 0.15) is 23.0 Å². The van der Waals surface area contributed by atoms with Gasteiger partial charge in [-0.3, -0.25) is 0 Å². The van der Waals surface area contributed by atoms with E-state index in [4.69, 9.17) is 9.47 Å². The number of carbonyl (C=O) groups is 1. The van der Waals surface area contributed by atoms with E-state index in [1.54, 1.807) is 26.3 Å². The van der Waals surface area contributed by atoms with Gasteiger partial charge in [-0.15, -0.1) is 0 Å². The summed E-state index contributed by atoms with van der Waals surface area (Å²) in [5, 5.41) is 0. The van der Waals surface area contributed by atoms with Crippen molar-refractivity contribution < 1.29 is 14.3 Å². The van der Waals surface area contributed by atoms with E-state index in [1.165, 1.54) is 0 Å². The van der Waals surface area contributed by atoms with Crippen LogP contribution in [-0.2, 0) is 11.3 Å². The third-order valence-corrected chi connectivity index (χ3v) is 2.70. The van der Waals surface area contributed by atoms with Gasteiger partial charge in [0.2, 0.25) is 5.88 Å². The first kappa shape index (κ1) is 13.1. The van der Waals surface area contributed by atoms with Gasteiger partial charge in [0, 0.05) is 18.0 Å². The fourth-order valence-corrected chi connectivity index (χ4v) is 1.85. The summed E-state index contributed by atoms with van der Waals surface area (Å²) in [4.78, 5) is 15.9. The molecule has 0 saturated heterocycles. The summed E-state index contributed by atoms with van der Waals surface area (Å²) in [7, 11) is 1.58. The minimum atomic E-state index is -0.324. The third kappa shape index (κ3) is 2.93. The Morgan fingerprint density at radius 2 is 2.21 bits per heavy atom. The molecule has 19 heavy (non-hydrogen) atoms. The molecule has 2 heterocycles. The summed E-state index contributed by atoms with van der Waals surface area (Å²) in [6.07, 6.45) is 3.50. The first-order chi connectivity index (χ1) is 9.26. The molecule has 0 N–H and O–H groups in total. The van der Waals surface area contributed by atoms with Gasteiger partial charge in [0.1, 0.15) is 5.69 Å². The van der Waals surface area contributed by atoms with Crippen molar-refractivity contribution in [2.75, 3.05) is 13.7 Å². The van der Waals surface area contributed by atoms with E-state index in [9.17, 15) is 4.79 Å². The van der Waals surface area contributed by atoms with Gasteiger partial charge in [-0.05, 0) is 25.1 Å². The molecule has 0 aliphatic heterocycles. The van der Waals surface area contributed by atoms with Crippen LogP contribution >= 0.6 is 0 Å². The number of hydrogen-bond acceptors (Lipinski definition) is 4. The van der Waals surface area contributed by atoms with Crippen LogP contribution in [0, 0.1) is 0 Å². The summed E-state index contributed by atoms with van der Waals surface area (Å²) in [6, 6.07) is 7.31. The minimum absolute atomic E-state index is 0.324. The molecule has 0 aliphatic rings. The molecule has 2 aromatic heterocycles. The Kier molecular flexibility index (Phi) is 4.18. The maximum atomic E-state index is 11.8. The zero-order valence-corrected chi connectivity index (χ0v) is 11.0. The molecule has 0 radical (unpaired) electrons. The molecule has 100 valence electrons. The van der Waals surface area contributed by atoms with E-state index in [1.807, 2.05) is 29.0 Å². The zero-order valence-electron chi connectivity index (χ0n) is 11.0. The van der Waals surface area contributed by atoms with Crippen LogP contribution in [0.3, 0.4) is 0 Å². The highest BCUT2D eigenvalue weighted by Gasteiger charge is 2.13. The SMILES string of the molecule is CCOC(=O)c1cccn1Cc1cccnc1OC. The van der Waals surface area contributed by atoms with Crippen molar-refractivity contribution in [2.24, 2.45) is 0 Å². The monoisotopic (exact) mass is 260 g/mol. The van der Waals surface area contributed by atoms with E-state index in [2.05, 4.69) is 4.98 Å². The minimum Gasteiger partial charge on any atom is -0.481 e. The fourth-order valence-electron chi connectivity index (χ4n) is 1.85. The Morgan fingerprint density at radius 3 is 2.95 bits per heavy atom. The predicted octanol–water partition coefficient (Wildman–Crippen LogP) is 2.12. The van der Waals surface area contributed by atoms with Crippen LogP contribution in [0.2, 0.25) is 0 Å². The smallest absolute Gasteiger partial charge is 0.354 e. The highest BCUT2D eigenvalue weighted by Crippen LogP contribution is 2.16. The molecular formula is C14H16N2O3. The number of rotatable bonds is 5. The number of ether oxygens (including phenoxy) is 2. The van der Waals surface area contributed by atoms with Gasteiger partial charge in [0.05, 0.1) is 20.3 Å². The van der Waals surface area contributed by atoms with Crippen molar-refractivity contribution in [2.45, 2.75) is 13.5 Å². The second-order valence-corrected chi connectivity index (χ2v) is 3.91. The summed E-state index contributed by atoms with van der Waals surface area (Å²) < 4.78 is 12.0. The normalized spacial score (nSPS) is 10.2. The van der Waals surface area contributed by atoms with E-state index in [0.29, 0.717) is 24.7 Å². The van der Waals surface area contributed by atoms with Gasteiger partial charge < -0.3 is 14.0 Å². The van der Waals surface area contributed by atoms with Crippen molar-refractivity contribution in [3.8, 4) is 5.88 Å². The zero-order chi connectivity index (χ0) is 13.7. The molecule has 0 bridgehead atoms. The predicted molar refractivity (Wildman–Crippen MR) is 70.3 cm³/mol. The van der Waals surface area contributed by atoms with Crippen LogP contribution in [0.25, 0.3) is 0 Å². The number of aromatic nitrogens is 2. The van der Waals surface area contributed by atoms with Crippen LogP contribution in [0.4, 0.5) is 0 Å². The molecule has 2 aromatic rings. The topological polar surface area (TPSA) is 53.4 Å². The van der Waals surface area contributed by atoms with Gasteiger partial charge in [-0.2, -0.15) is 0 Å². The van der Waals surface area contributed by atoms with Crippen LogP contribution in [-0.4, -0.2) is 29.2 Å². The highest BCUT2D eigenvalue weighted by atomic mass is 16.5. The maximum absolute atomic E-state index is 11.8. The molecule has 0 atom stereocenters. The quantitative estimate of drug-likeness (QED) is 0.773. The molecule has 2 rings (SSSR count).